The van der Waals surface area contributed by atoms with Crippen LogP contribution in [-0.4, -0.2) is 49.9 Å². The molecule has 0 fully saturated rings. The molecule has 0 aliphatic carbocycles. The quantitative estimate of drug-likeness (QED) is 0.0424. The minimum Gasteiger partial charge on any atom is -0.756 e. The van der Waals surface area contributed by atoms with E-state index in [2.05, 4.69) is 18.4 Å². The summed E-state index contributed by atoms with van der Waals surface area (Å²) in [5, 5.41) is 10.7. The van der Waals surface area contributed by atoms with E-state index in [4.69, 9.17) is 19.7 Å². The van der Waals surface area contributed by atoms with Crippen LogP contribution in [0.25, 0.3) is 0 Å². The van der Waals surface area contributed by atoms with Crippen LogP contribution >= 0.6 is 7.82 Å². The number of rotatable bonds is 30. The zero-order chi connectivity index (χ0) is 31.5. The molecule has 0 aromatic heterocycles. The van der Waals surface area contributed by atoms with Gasteiger partial charge in [0.2, 0.25) is 0 Å². The summed E-state index contributed by atoms with van der Waals surface area (Å²) in [5.41, 5.74) is 5.19. The maximum atomic E-state index is 12.4. The Morgan fingerprint density at radius 2 is 1.02 bits per heavy atom. The van der Waals surface area contributed by atoms with Crippen molar-refractivity contribution in [2.75, 3.05) is 19.8 Å². The summed E-state index contributed by atoms with van der Waals surface area (Å²) in [5.74, 6) is -2.71. The third kappa shape index (κ3) is 32.4. The fourth-order valence-corrected chi connectivity index (χ4v) is 5.00. The Kier molecular flexibility index (Phi) is 37.1. The summed E-state index contributed by atoms with van der Waals surface area (Å²) in [6.45, 7) is 2.46. The first-order chi connectivity index (χ1) is 20.1. The van der Waals surface area contributed by atoms with Crippen molar-refractivity contribution >= 4 is 25.7 Å². The Hall–Kier alpha value is 0.480. The first kappa shape index (κ1) is 48.9. The number of esters is 2. The largest absolute Gasteiger partial charge is 1.00 e. The Bertz CT molecular complexity index is 763. The van der Waals surface area contributed by atoms with Gasteiger partial charge in [-0.05, 0) is 12.8 Å². The minimum absolute atomic E-state index is 0. The number of hydrogen-bond acceptors (Lipinski definition) is 11. The Balaban J connectivity index is -0.00000840. The number of ether oxygens (including phenoxy) is 2. The average molecular weight is 668 g/mol. The van der Waals surface area contributed by atoms with Crippen molar-refractivity contribution in [1.82, 2.24) is 0 Å². The third-order valence-corrected chi connectivity index (χ3v) is 7.76. The molecule has 1 unspecified atom stereocenters. The van der Waals surface area contributed by atoms with E-state index < -0.39 is 51.1 Å². The number of aliphatic carboxylic acids is 1. The zero-order valence-corrected chi connectivity index (χ0v) is 32.9. The maximum absolute atomic E-state index is 12.4. The molecule has 44 heavy (non-hydrogen) atoms. The molecule has 0 aromatic rings. The van der Waals surface area contributed by atoms with Crippen molar-refractivity contribution in [3.8, 4) is 0 Å². The first-order valence-corrected chi connectivity index (χ1v) is 17.5. The van der Waals surface area contributed by atoms with Gasteiger partial charge in [0.25, 0.3) is 7.82 Å². The monoisotopic (exact) mass is 667 g/mol. The smallest absolute Gasteiger partial charge is 0.756 e. The molecule has 0 bridgehead atoms. The van der Waals surface area contributed by atoms with Crippen LogP contribution in [0.4, 0.5) is 0 Å². The second-order valence-corrected chi connectivity index (χ2v) is 12.3. The van der Waals surface area contributed by atoms with Crippen LogP contribution in [0.1, 0.15) is 142 Å². The van der Waals surface area contributed by atoms with E-state index in [-0.39, 0.29) is 78.6 Å². The summed E-state index contributed by atoms with van der Waals surface area (Å²) < 4.78 is 31.8. The summed E-state index contributed by atoms with van der Waals surface area (Å²) in [4.78, 5) is 47.3. The molecule has 14 heteroatoms. The van der Waals surface area contributed by atoms with E-state index in [1.807, 2.05) is 0 Å². The molecule has 0 rings (SSSR count). The van der Waals surface area contributed by atoms with Crippen LogP contribution in [0.5, 0.6) is 0 Å². The number of carboxylic acids is 1. The number of carbonyl (C=O) groups excluding carboxylic acids is 3. The number of carboxylic acid groups (broad SMARTS) is 1. The summed E-state index contributed by atoms with van der Waals surface area (Å²) in [7, 11) is -4.97. The fraction of sp³-hybridized carbons (Fsp3) is 0.900. The van der Waals surface area contributed by atoms with E-state index in [0.717, 1.165) is 38.5 Å². The second kappa shape index (κ2) is 33.4. The number of hydrogen-bond donors (Lipinski definition) is 1. The molecule has 0 aliphatic heterocycles. The van der Waals surface area contributed by atoms with Gasteiger partial charge in [0, 0.05) is 12.8 Å². The molecule has 248 valence electrons. The number of carbonyl (C=O) groups is 3. The van der Waals surface area contributed by atoms with Crippen molar-refractivity contribution in [2.45, 2.75) is 154 Å². The molecule has 11 nitrogen and oxygen atoms in total. The van der Waals surface area contributed by atoms with E-state index in [0.29, 0.717) is 12.8 Å². The molecular formula is C30H56NNa2O10P. The van der Waals surface area contributed by atoms with Gasteiger partial charge in [-0.3, -0.25) is 14.2 Å². The van der Waals surface area contributed by atoms with Gasteiger partial charge in [0.05, 0.1) is 25.2 Å². The Morgan fingerprint density at radius 1 is 0.636 bits per heavy atom. The summed E-state index contributed by atoms with van der Waals surface area (Å²) >= 11 is 0. The Labute approximate surface area is 310 Å². The molecule has 0 radical (unpaired) electrons. The van der Waals surface area contributed by atoms with Crippen molar-refractivity contribution in [2.24, 2.45) is 5.73 Å². The normalized spacial score (nSPS) is 13.5. The van der Waals surface area contributed by atoms with Crippen LogP contribution in [0.2, 0.25) is 0 Å². The van der Waals surface area contributed by atoms with Crippen molar-refractivity contribution in [3.05, 3.63) is 0 Å². The molecule has 0 amide bonds. The topological polar surface area (TPSA) is 177 Å². The Morgan fingerprint density at radius 3 is 1.45 bits per heavy atom. The predicted molar refractivity (Wildman–Crippen MR) is 157 cm³/mol. The molecular weight excluding hydrogens is 611 g/mol. The van der Waals surface area contributed by atoms with Gasteiger partial charge in [-0.25, -0.2) is 0 Å². The van der Waals surface area contributed by atoms with Crippen LogP contribution in [0, 0.1) is 0 Å². The van der Waals surface area contributed by atoms with Crippen LogP contribution < -0.4 is 74.8 Å². The maximum Gasteiger partial charge on any atom is 1.00 e. The number of nitrogens with two attached hydrogens (primary N) is 1. The number of phosphoric ester groups is 1. The van der Waals surface area contributed by atoms with Crippen molar-refractivity contribution < 1.29 is 107 Å². The standard InChI is InChI=1S/C30H58NO10P.2Na/c1-3-5-7-9-11-13-15-17-19-21-28(32)38-23-26(24-39-42(36,37)40-25-27(31)30(34)35)41-29(33)22-20-18-16-14-12-10-8-6-4-2;;/h26-27H,3-25,31H2,1-2H3,(H,34,35)(H,36,37);;/q;2*+1/p-2/t26-,27+;;/m1../s1. The summed E-state index contributed by atoms with van der Waals surface area (Å²) in [6, 6.07) is -1.66. The second-order valence-electron chi connectivity index (χ2n) is 10.9. The van der Waals surface area contributed by atoms with Gasteiger partial charge < -0.3 is 39.0 Å². The molecule has 0 saturated heterocycles. The van der Waals surface area contributed by atoms with Crippen molar-refractivity contribution in [1.29, 1.82) is 0 Å². The van der Waals surface area contributed by atoms with Crippen LogP contribution in [-0.2, 0) is 37.5 Å². The third-order valence-electron chi connectivity index (χ3n) is 6.83. The molecule has 0 saturated carbocycles. The predicted octanol–water partition coefficient (Wildman–Crippen LogP) is -1.13. The van der Waals surface area contributed by atoms with Gasteiger partial charge >= 0.3 is 71.1 Å². The van der Waals surface area contributed by atoms with Gasteiger partial charge in [-0.15, -0.1) is 0 Å². The van der Waals surface area contributed by atoms with Crippen LogP contribution in [0.15, 0.2) is 0 Å². The van der Waals surface area contributed by atoms with Crippen LogP contribution in [0.3, 0.4) is 0 Å². The fourth-order valence-electron chi connectivity index (χ4n) is 4.23. The van der Waals surface area contributed by atoms with Gasteiger partial charge in [0.15, 0.2) is 6.10 Å². The molecule has 3 atom stereocenters. The van der Waals surface area contributed by atoms with Gasteiger partial charge in [-0.1, -0.05) is 117 Å². The minimum atomic E-state index is -4.97. The molecule has 0 aromatic carbocycles. The van der Waals surface area contributed by atoms with E-state index in [1.54, 1.807) is 0 Å². The number of phosphoric acid groups is 1. The van der Waals surface area contributed by atoms with Gasteiger partial charge in [-0.2, -0.15) is 0 Å². The molecule has 2 N–H and O–H groups in total. The molecule has 0 heterocycles. The van der Waals surface area contributed by atoms with E-state index in [1.165, 1.54) is 64.2 Å². The van der Waals surface area contributed by atoms with Gasteiger partial charge in [0.1, 0.15) is 6.61 Å². The number of unbranched alkanes of at least 4 members (excludes halogenated alkanes) is 16. The average Bonchev–Trinajstić information content (AvgIpc) is 2.95. The molecule has 0 aliphatic rings. The first-order valence-electron chi connectivity index (χ1n) is 16.0. The summed E-state index contributed by atoms with van der Waals surface area (Å²) in [6.07, 6.45) is 18.9. The zero-order valence-electron chi connectivity index (χ0n) is 28.0. The van der Waals surface area contributed by atoms with Crippen molar-refractivity contribution in [3.63, 3.8) is 0 Å². The van der Waals surface area contributed by atoms with E-state index in [9.17, 15) is 28.9 Å². The molecule has 0 spiro atoms. The van der Waals surface area contributed by atoms with E-state index >= 15 is 0 Å². The SMILES string of the molecule is CCCCCCCCCCCC(=O)OC[C@H](COP(=O)([O-])OC[C@H](N)C(=O)[O-])OC(=O)CCCCCCCCCCC.[Na+].[Na+].